The summed E-state index contributed by atoms with van der Waals surface area (Å²) in [6.45, 7) is 8.33. The van der Waals surface area contributed by atoms with Crippen LogP contribution in [0, 0.1) is 0 Å². The van der Waals surface area contributed by atoms with Gasteiger partial charge in [-0.1, -0.05) is 0 Å². The first-order valence-electron chi connectivity index (χ1n) is 8.65. The second-order valence-electron chi connectivity index (χ2n) is 7.09. The summed E-state index contributed by atoms with van der Waals surface area (Å²) in [5.74, 6) is -1.83. The van der Waals surface area contributed by atoms with Crippen LogP contribution in [-0.4, -0.2) is 60.8 Å². The van der Waals surface area contributed by atoms with E-state index in [1.165, 1.54) is 20.8 Å². The third-order valence-electron chi connectivity index (χ3n) is 3.23. The van der Waals surface area contributed by atoms with Crippen molar-refractivity contribution in [1.29, 1.82) is 0 Å². The zero-order valence-corrected chi connectivity index (χ0v) is 16.8. The zero-order chi connectivity index (χ0) is 21.5. The average Bonchev–Trinajstić information content (AvgIpc) is 2.50. The smallest absolute Gasteiger partial charge is 0.431 e. The Morgan fingerprint density at radius 2 is 1.61 bits per heavy atom. The highest BCUT2D eigenvalue weighted by Gasteiger charge is 2.44. The topological polar surface area (TPSA) is 136 Å². The Balaban J connectivity index is 2.86. The Morgan fingerprint density at radius 3 is 2.11 bits per heavy atom. The van der Waals surface area contributed by atoms with Crippen LogP contribution >= 0.6 is 0 Å². The lowest BCUT2D eigenvalue weighted by molar-refractivity contribution is -0.277. The Hall–Kier alpha value is -2.40. The van der Waals surface area contributed by atoms with Gasteiger partial charge in [-0.3, -0.25) is 14.4 Å². The predicted molar refractivity (Wildman–Crippen MR) is 91.5 cm³/mol. The van der Waals surface area contributed by atoms with Crippen molar-refractivity contribution in [3.8, 4) is 0 Å². The largest absolute Gasteiger partial charge is 0.463 e. The van der Waals surface area contributed by atoms with Crippen LogP contribution in [0.15, 0.2) is 0 Å². The summed E-state index contributed by atoms with van der Waals surface area (Å²) < 4.78 is 26.0. The molecule has 1 N–H and O–H groups in total. The Bertz CT molecular complexity index is 585. The number of nitrogens with one attached hydrogen (secondary N) is 1. The summed E-state index contributed by atoms with van der Waals surface area (Å²) in [6.07, 6.45) is -4.94. The maximum atomic E-state index is 11.7. The van der Waals surface area contributed by atoms with Crippen LogP contribution in [0.3, 0.4) is 0 Å². The van der Waals surface area contributed by atoms with Crippen molar-refractivity contribution >= 4 is 24.0 Å². The Labute approximate surface area is 162 Å². The fourth-order valence-electron chi connectivity index (χ4n) is 2.39. The van der Waals surface area contributed by atoms with Crippen LogP contribution in [0.25, 0.3) is 0 Å². The van der Waals surface area contributed by atoms with Gasteiger partial charge in [-0.15, -0.1) is 0 Å². The second kappa shape index (κ2) is 10.2. The fraction of sp³-hybridized carbons (Fsp3) is 0.765. The molecule has 0 spiro atoms. The second-order valence-corrected chi connectivity index (χ2v) is 7.09. The summed E-state index contributed by atoms with van der Waals surface area (Å²) in [6, 6.07) is 0. The summed E-state index contributed by atoms with van der Waals surface area (Å²) >= 11 is 0. The van der Waals surface area contributed by atoms with Gasteiger partial charge in [0.15, 0.2) is 12.4 Å². The number of ether oxygens (including phenoxy) is 5. The van der Waals surface area contributed by atoms with Crippen LogP contribution in [0.4, 0.5) is 4.79 Å². The number of hydrogen-bond donors (Lipinski definition) is 1. The molecule has 11 heteroatoms. The summed E-state index contributed by atoms with van der Waals surface area (Å²) in [5, 5.41) is 0. The van der Waals surface area contributed by atoms with Crippen molar-refractivity contribution < 1.29 is 47.7 Å². The minimum atomic E-state index is -1.08. The van der Waals surface area contributed by atoms with E-state index >= 15 is 0 Å². The van der Waals surface area contributed by atoms with Gasteiger partial charge >= 0.3 is 24.0 Å². The molecule has 0 saturated carbocycles. The molecule has 1 rings (SSSR count). The highest BCUT2D eigenvalue weighted by Crippen LogP contribution is 2.26. The lowest BCUT2D eigenvalue weighted by Gasteiger charge is -2.39. The molecule has 1 aliphatic rings. The van der Waals surface area contributed by atoms with Crippen molar-refractivity contribution in [2.75, 3.05) is 6.61 Å². The quantitative estimate of drug-likeness (QED) is 0.387. The lowest BCUT2D eigenvalue weighted by atomic mass is 10.0. The molecule has 1 fully saturated rings. The van der Waals surface area contributed by atoms with Gasteiger partial charge in [-0.25, -0.2) is 9.63 Å². The number of hydrogen-bond acceptors (Lipinski definition) is 10. The third kappa shape index (κ3) is 9.00. The number of hydroxylamine groups is 1. The SMILES string of the molecule is CC(=O)OC[C@H]1O[C@@H](ONC(=O)OC(C)(C)C)CC(OC(C)=O)C1OC(C)=O. The summed E-state index contributed by atoms with van der Waals surface area (Å²) in [7, 11) is 0. The number of carbonyl (C=O) groups excluding carboxylic acids is 4. The van der Waals surface area contributed by atoms with E-state index in [2.05, 4.69) is 5.48 Å². The van der Waals surface area contributed by atoms with Crippen LogP contribution in [0.2, 0.25) is 0 Å². The molecule has 11 nitrogen and oxygen atoms in total. The minimum absolute atomic E-state index is 0.0517. The number of carbonyl (C=O) groups is 4. The van der Waals surface area contributed by atoms with Gasteiger partial charge < -0.3 is 23.7 Å². The van der Waals surface area contributed by atoms with E-state index < -0.39 is 54.2 Å². The summed E-state index contributed by atoms with van der Waals surface area (Å²) in [4.78, 5) is 50.9. The first kappa shape index (κ1) is 23.6. The minimum Gasteiger partial charge on any atom is -0.463 e. The van der Waals surface area contributed by atoms with Gasteiger partial charge in [0, 0.05) is 27.2 Å². The van der Waals surface area contributed by atoms with E-state index in [4.69, 9.17) is 28.5 Å². The first-order valence-corrected chi connectivity index (χ1v) is 8.65. The van der Waals surface area contributed by atoms with Crippen molar-refractivity contribution in [2.45, 2.75) is 78.2 Å². The monoisotopic (exact) mass is 405 g/mol. The molecule has 1 saturated heterocycles. The van der Waals surface area contributed by atoms with Gasteiger partial charge in [0.05, 0.1) is 0 Å². The molecule has 2 unspecified atom stereocenters. The van der Waals surface area contributed by atoms with Crippen LogP contribution in [0.1, 0.15) is 48.0 Å². The van der Waals surface area contributed by atoms with Crippen molar-refractivity contribution in [1.82, 2.24) is 5.48 Å². The average molecular weight is 405 g/mol. The molecule has 0 bridgehead atoms. The van der Waals surface area contributed by atoms with E-state index in [0.717, 1.165) is 0 Å². The molecule has 160 valence electrons. The third-order valence-corrected chi connectivity index (χ3v) is 3.23. The standard InChI is InChI=1S/C17H27NO10/c1-9(19)23-8-13-15(25-11(3)21)12(24-10(2)20)7-14(26-13)28-18-16(22)27-17(4,5)6/h12-15H,7-8H2,1-6H3,(H,18,22)/t12?,13-,14+,15?/m1/s1. The molecule has 1 aliphatic heterocycles. The Kier molecular flexibility index (Phi) is 8.64. The molecular weight excluding hydrogens is 378 g/mol. The highest BCUT2D eigenvalue weighted by molar-refractivity contribution is 5.68. The van der Waals surface area contributed by atoms with Crippen molar-refractivity contribution in [3.05, 3.63) is 0 Å². The highest BCUT2D eigenvalue weighted by atomic mass is 16.8. The van der Waals surface area contributed by atoms with E-state index in [0.29, 0.717) is 0 Å². The molecule has 0 aliphatic carbocycles. The molecule has 1 amide bonds. The number of esters is 3. The van der Waals surface area contributed by atoms with Gasteiger partial charge in [0.25, 0.3) is 0 Å². The predicted octanol–water partition coefficient (Wildman–Crippen LogP) is 0.984. The molecule has 1 heterocycles. The summed E-state index contributed by atoms with van der Waals surface area (Å²) in [5.41, 5.74) is 1.35. The fourth-order valence-corrected chi connectivity index (χ4v) is 2.39. The normalized spacial score (nSPS) is 24.6. The van der Waals surface area contributed by atoms with Crippen molar-refractivity contribution in [2.24, 2.45) is 0 Å². The van der Waals surface area contributed by atoms with Crippen LogP contribution < -0.4 is 5.48 Å². The van der Waals surface area contributed by atoms with E-state index in [-0.39, 0.29) is 13.0 Å². The number of amides is 1. The van der Waals surface area contributed by atoms with E-state index in [1.807, 2.05) is 0 Å². The lowest BCUT2D eigenvalue weighted by Crippen LogP contribution is -2.55. The molecule has 0 aromatic rings. The van der Waals surface area contributed by atoms with Crippen molar-refractivity contribution in [3.63, 3.8) is 0 Å². The Morgan fingerprint density at radius 1 is 1.00 bits per heavy atom. The zero-order valence-electron chi connectivity index (χ0n) is 16.8. The number of rotatable bonds is 6. The van der Waals surface area contributed by atoms with E-state index in [9.17, 15) is 19.2 Å². The molecule has 0 aromatic heterocycles. The van der Waals surface area contributed by atoms with Gasteiger partial charge in [-0.2, -0.15) is 5.48 Å². The van der Waals surface area contributed by atoms with Gasteiger partial charge in [0.1, 0.15) is 24.4 Å². The molecule has 0 radical (unpaired) electrons. The maximum Gasteiger partial charge on any atom is 0.431 e. The van der Waals surface area contributed by atoms with E-state index in [1.54, 1.807) is 20.8 Å². The van der Waals surface area contributed by atoms with Crippen LogP contribution in [0.5, 0.6) is 0 Å². The molecule has 0 aromatic carbocycles. The molecule has 28 heavy (non-hydrogen) atoms. The molecule has 4 atom stereocenters. The van der Waals surface area contributed by atoms with Crippen LogP contribution in [-0.2, 0) is 42.9 Å². The van der Waals surface area contributed by atoms with Gasteiger partial charge in [-0.05, 0) is 20.8 Å². The first-order chi connectivity index (χ1) is 12.9. The maximum absolute atomic E-state index is 11.7. The molecular formula is C17H27NO10. The van der Waals surface area contributed by atoms with Gasteiger partial charge in [0.2, 0.25) is 0 Å².